The average Bonchev–Trinajstić information content (AvgIpc) is 2.90. The van der Waals surface area contributed by atoms with Gasteiger partial charge in [0.2, 0.25) is 5.16 Å². The van der Waals surface area contributed by atoms with Crippen LogP contribution in [-0.4, -0.2) is 32.3 Å². The van der Waals surface area contributed by atoms with E-state index in [0.717, 1.165) is 27.4 Å². The van der Waals surface area contributed by atoms with Crippen molar-refractivity contribution in [3.63, 3.8) is 0 Å². The minimum Gasteiger partial charge on any atom is -0.497 e. The summed E-state index contributed by atoms with van der Waals surface area (Å²) in [7, 11) is 3.43. The van der Waals surface area contributed by atoms with Gasteiger partial charge in [-0.25, -0.2) is 9.67 Å². The summed E-state index contributed by atoms with van der Waals surface area (Å²) in [6, 6.07) is 7.77. The highest BCUT2D eigenvalue weighted by molar-refractivity contribution is 7.98. The Morgan fingerprint density at radius 3 is 2.90 bits per heavy atom. The SMILES string of the molecule is COc1ccc2cc(CSc3nnnn3C)c(Cl)nc2c1. The van der Waals surface area contributed by atoms with Gasteiger partial charge in [0.25, 0.3) is 0 Å². The predicted octanol–water partition coefficient (Wildman–Crippen LogP) is 2.71. The number of rotatable bonds is 4. The van der Waals surface area contributed by atoms with E-state index in [-0.39, 0.29) is 0 Å². The molecule has 8 heteroatoms. The summed E-state index contributed by atoms with van der Waals surface area (Å²) in [6.07, 6.45) is 0. The number of methoxy groups -OCH3 is 1. The number of thioether (sulfide) groups is 1. The van der Waals surface area contributed by atoms with Crippen LogP contribution in [0.4, 0.5) is 0 Å². The number of ether oxygens (including phenoxy) is 1. The van der Waals surface area contributed by atoms with Gasteiger partial charge in [0, 0.05) is 29.8 Å². The van der Waals surface area contributed by atoms with E-state index >= 15 is 0 Å². The maximum Gasteiger partial charge on any atom is 0.209 e. The van der Waals surface area contributed by atoms with Gasteiger partial charge in [0.1, 0.15) is 10.9 Å². The Hall–Kier alpha value is -1.86. The normalized spacial score (nSPS) is 11.0. The van der Waals surface area contributed by atoms with Crippen molar-refractivity contribution in [1.82, 2.24) is 25.2 Å². The molecule has 0 saturated heterocycles. The number of aryl methyl sites for hydroxylation is 1. The van der Waals surface area contributed by atoms with Crippen LogP contribution < -0.4 is 4.74 Å². The molecule has 6 nitrogen and oxygen atoms in total. The van der Waals surface area contributed by atoms with E-state index in [1.807, 2.05) is 24.3 Å². The molecule has 0 spiro atoms. The van der Waals surface area contributed by atoms with Gasteiger partial charge in [0.15, 0.2) is 0 Å². The average molecular weight is 322 g/mol. The molecule has 0 radical (unpaired) electrons. The smallest absolute Gasteiger partial charge is 0.209 e. The molecule has 3 rings (SSSR count). The molecule has 0 bridgehead atoms. The Labute approximate surface area is 130 Å². The van der Waals surface area contributed by atoms with Crippen LogP contribution in [0.2, 0.25) is 5.15 Å². The maximum atomic E-state index is 6.25. The minimum atomic E-state index is 0.485. The lowest BCUT2D eigenvalue weighted by Crippen LogP contribution is -1.94. The van der Waals surface area contributed by atoms with E-state index in [1.54, 1.807) is 18.8 Å². The Balaban J connectivity index is 1.88. The molecule has 108 valence electrons. The summed E-state index contributed by atoms with van der Waals surface area (Å²) in [5.74, 6) is 1.42. The zero-order chi connectivity index (χ0) is 14.8. The van der Waals surface area contributed by atoms with E-state index in [1.165, 1.54) is 11.8 Å². The van der Waals surface area contributed by atoms with Crippen LogP contribution in [0, 0.1) is 0 Å². The molecule has 2 aromatic heterocycles. The van der Waals surface area contributed by atoms with Gasteiger partial charge >= 0.3 is 0 Å². The Morgan fingerprint density at radius 2 is 2.19 bits per heavy atom. The van der Waals surface area contributed by atoms with Crippen molar-refractivity contribution < 1.29 is 4.74 Å². The predicted molar refractivity (Wildman–Crippen MR) is 81.7 cm³/mol. The number of tetrazole rings is 1. The summed E-state index contributed by atoms with van der Waals surface area (Å²) in [5, 5.41) is 13.6. The van der Waals surface area contributed by atoms with Crippen molar-refractivity contribution in [2.75, 3.05) is 7.11 Å². The molecule has 0 atom stereocenters. The summed E-state index contributed by atoms with van der Waals surface area (Å²) in [6.45, 7) is 0. The first kappa shape index (κ1) is 14.1. The summed E-state index contributed by atoms with van der Waals surface area (Å²) in [5.41, 5.74) is 1.76. The van der Waals surface area contributed by atoms with E-state index < -0.39 is 0 Å². The van der Waals surface area contributed by atoms with Gasteiger partial charge in [-0.3, -0.25) is 0 Å². The van der Waals surface area contributed by atoms with Gasteiger partial charge in [-0.1, -0.05) is 23.4 Å². The fourth-order valence-corrected chi connectivity index (χ4v) is 3.00. The largest absolute Gasteiger partial charge is 0.497 e. The first-order chi connectivity index (χ1) is 10.2. The van der Waals surface area contributed by atoms with Crippen molar-refractivity contribution in [2.24, 2.45) is 7.05 Å². The maximum absolute atomic E-state index is 6.25. The van der Waals surface area contributed by atoms with E-state index in [0.29, 0.717) is 10.9 Å². The highest BCUT2D eigenvalue weighted by Crippen LogP contribution is 2.28. The monoisotopic (exact) mass is 321 g/mol. The molecule has 0 fully saturated rings. The first-order valence-corrected chi connectivity index (χ1v) is 7.52. The van der Waals surface area contributed by atoms with Crippen molar-refractivity contribution in [3.8, 4) is 5.75 Å². The molecule has 21 heavy (non-hydrogen) atoms. The Bertz CT molecular complexity index is 791. The lowest BCUT2D eigenvalue weighted by Gasteiger charge is -2.07. The summed E-state index contributed by atoms with van der Waals surface area (Å²) >= 11 is 7.77. The van der Waals surface area contributed by atoms with Crippen LogP contribution in [0.5, 0.6) is 5.75 Å². The van der Waals surface area contributed by atoms with Gasteiger partial charge in [-0.05, 0) is 28.6 Å². The number of pyridine rings is 1. The molecular weight excluding hydrogens is 310 g/mol. The molecular formula is C13H12ClN5OS. The van der Waals surface area contributed by atoms with Crippen LogP contribution in [-0.2, 0) is 12.8 Å². The molecule has 0 saturated carbocycles. The van der Waals surface area contributed by atoms with Crippen LogP contribution in [0.1, 0.15) is 5.56 Å². The van der Waals surface area contributed by atoms with Crippen LogP contribution in [0.15, 0.2) is 29.4 Å². The van der Waals surface area contributed by atoms with Crippen molar-refractivity contribution in [1.29, 1.82) is 0 Å². The fraction of sp³-hybridized carbons (Fsp3) is 0.231. The molecule has 0 aliphatic heterocycles. The molecule has 2 heterocycles. The van der Waals surface area contributed by atoms with Crippen LogP contribution in [0.25, 0.3) is 10.9 Å². The third-order valence-corrected chi connectivity index (χ3v) is 4.38. The number of aromatic nitrogens is 5. The minimum absolute atomic E-state index is 0.485. The molecule has 1 aromatic carbocycles. The number of hydrogen-bond acceptors (Lipinski definition) is 6. The summed E-state index contributed by atoms with van der Waals surface area (Å²) in [4.78, 5) is 4.42. The molecule has 0 aliphatic rings. The zero-order valence-electron chi connectivity index (χ0n) is 11.4. The second-order valence-electron chi connectivity index (χ2n) is 4.37. The Kier molecular flexibility index (Phi) is 3.94. The summed E-state index contributed by atoms with van der Waals surface area (Å²) < 4.78 is 6.81. The third kappa shape index (κ3) is 2.93. The van der Waals surface area contributed by atoms with Crippen molar-refractivity contribution >= 4 is 34.3 Å². The topological polar surface area (TPSA) is 65.7 Å². The molecule has 0 N–H and O–H groups in total. The van der Waals surface area contributed by atoms with E-state index in [4.69, 9.17) is 16.3 Å². The molecule has 0 amide bonds. The number of hydrogen-bond donors (Lipinski definition) is 0. The van der Waals surface area contributed by atoms with Crippen LogP contribution >= 0.6 is 23.4 Å². The first-order valence-electron chi connectivity index (χ1n) is 6.15. The lowest BCUT2D eigenvalue weighted by molar-refractivity contribution is 0.415. The second-order valence-corrected chi connectivity index (χ2v) is 5.67. The van der Waals surface area contributed by atoms with E-state index in [2.05, 4.69) is 20.5 Å². The second kappa shape index (κ2) is 5.87. The fourth-order valence-electron chi connectivity index (χ4n) is 1.88. The van der Waals surface area contributed by atoms with Gasteiger partial charge in [-0.2, -0.15) is 0 Å². The molecule has 0 unspecified atom stereocenters. The quantitative estimate of drug-likeness (QED) is 0.544. The van der Waals surface area contributed by atoms with Crippen molar-refractivity contribution in [3.05, 3.63) is 35.0 Å². The van der Waals surface area contributed by atoms with Gasteiger partial charge in [-0.15, -0.1) is 5.10 Å². The van der Waals surface area contributed by atoms with Gasteiger partial charge < -0.3 is 4.74 Å². The highest BCUT2D eigenvalue weighted by Gasteiger charge is 2.09. The third-order valence-electron chi connectivity index (χ3n) is 2.99. The van der Waals surface area contributed by atoms with Crippen molar-refractivity contribution in [2.45, 2.75) is 10.9 Å². The number of fused-ring (bicyclic) bond motifs is 1. The Morgan fingerprint density at radius 1 is 1.33 bits per heavy atom. The standard InChI is InChI=1S/C13H12ClN5OS/c1-19-13(16-17-18-19)21-7-9-5-8-3-4-10(20-2)6-11(8)15-12(9)14/h3-6H,7H2,1-2H3. The van der Waals surface area contributed by atoms with E-state index in [9.17, 15) is 0 Å². The molecule has 3 aromatic rings. The number of halogens is 1. The lowest BCUT2D eigenvalue weighted by atomic mass is 10.1. The molecule has 0 aliphatic carbocycles. The van der Waals surface area contributed by atoms with Crippen LogP contribution in [0.3, 0.4) is 0 Å². The van der Waals surface area contributed by atoms with Gasteiger partial charge in [0.05, 0.1) is 12.6 Å². The number of benzene rings is 1. The zero-order valence-corrected chi connectivity index (χ0v) is 13.0. The number of nitrogens with zero attached hydrogens (tertiary/aromatic N) is 5. The highest BCUT2D eigenvalue weighted by atomic mass is 35.5.